The minimum atomic E-state index is -4.39. The van der Waals surface area contributed by atoms with E-state index < -0.39 is 26.5 Å². The lowest BCUT2D eigenvalue weighted by atomic mass is 10.1. The standard InChI is InChI=1S/C48H84NO8P/c1-6-8-10-12-14-16-18-20-21-22-23-24-25-26-27-29-31-33-35-37-39-41-48(51)57-46(45-56-58(52,53)55-43-42-49(3,4)5)44-54-47(50)40-38-36-34-32-30-28-19-17-15-13-11-9-7-2/h8,10,14,16-17,19-21,23-24,26-27,46H,6-7,9,11-13,15,18,22,25,28-45H2,1-5H3/p+1/b10-8-,16-14-,19-17-,21-20-,24-23-,27-26-. The van der Waals surface area contributed by atoms with E-state index in [1.807, 2.05) is 21.1 Å². The molecule has 10 heteroatoms. The zero-order chi connectivity index (χ0) is 42.8. The number of esters is 2. The molecule has 0 aliphatic carbocycles. The number of ether oxygens (including phenoxy) is 2. The predicted octanol–water partition coefficient (Wildman–Crippen LogP) is 13.0. The largest absolute Gasteiger partial charge is 0.472 e. The fraction of sp³-hybridized carbons (Fsp3) is 0.708. The molecule has 9 nitrogen and oxygen atoms in total. The number of carbonyl (C=O) groups excluding carboxylic acids is 2. The van der Waals surface area contributed by atoms with Gasteiger partial charge in [-0.2, -0.15) is 0 Å². The Morgan fingerprint density at radius 1 is 0.552 bits per heavy atom. The number of hydrogen-bond donors (Lipinski definition) is 1. The van der Waals surface area contributed by atoms with Crippen LogP contribution in [0.5, 0.6) is 0 Å². The van der Waals surface area contributed by atoms with Gasteiger partial charge in [-0.05, 0) is 83.5 Å². The molecule has 58 heavy (non-hydrogen) atoms. The molecule has 0 aromatic carbocycles. The van der Waals surface area contributed by atoms with Crippen LogP contribution >= 0.6 is 7.82 Å². The number of hydrogen-bond acceptors (Lipinski definition) is 7. The number of carbonyl (C=O) groups is 2. The molecule has 0 aromatic heterocycles. The highest BCUT2D eigenvalue weighted by Crippen LogP contribution is 2.43. The molecule has 0 bridgehead atoms. The van der Waals surface area contributed by atoms with Crippen LogP contribution in [-0.2, 0) is 32.7 Å². The van der Waals surface area contributed by atoms with E-state index in [2.05, 4.69) is 86.8 Å². The molecule has 0 rings (SSSR count). The van der Waals surface area contributed by atoms with Crippen LogP contribution in [0.4, 0.5) is 0 Å². The van der Waals surface area contributed by atoms with Crippen molar-refractivity contribution in [2.75, 3.05) is 47.5 Å². The third kappa shape index (κ3) is 43.0. The smallest absolute Gasteiger partial charge is 0.462 e. The van der Waals surface area contributed by atoms with Gasteiger partial charge in [-0.1, -0.05) is 145 Å². The molecule has 0 fully saturated rings. The number of likely N-dealkylation sites (N-methyl/N-ethyl adjacent to an activating group) is 1. The Morgan fingerprint density at radius 3 is 1.48 bits per heavy atom. The third-order valence-corrected chi connectivity index (χ3v) is 10.2. The topological polar surface area (TPSA) is 108 Å². The van der Waals surface area contributed by atoms with Crippen molar-refractivity contribution >= 4 is 19.8 Å². The number of allylic oxidation sites excluding steroid dienone is 12. The molecule has 0 spiro atoms. The van der Waals surface area contributed by atoms with E-state index in [1.54, 1.807) is 0 Å². The summed E-state index contributed by atoms with van der Waals surface area (Å²) in [6.45, 7) is 4.24. The van der Waals surface area contributed by atoms with Gasteiger partial charge in [0.15, 0.2) is 6.10 Å². The Balaban J connectivity index is 4.39. The zero-order valence-corrected chi connectivity index (χ0v) is 38.4. The molecule has 1 N–H and O–H groups in total. The van der Waals surface area contributed by atoms with E-state index in [9.17, 15) is 19.0 Å². The van der Waals surface area contributed by atoms with E-state index in [1.165, 1.54) is 32.1 Å². The fourth-order valence-corrected chi connectivity index (χ4v) is 6.42. The summed E-state index contributed by atoms with van der Waals surface area (Å²) in [6, 6.07) is 0. The Morgan fingerprint density at radius 2 is 0.983 bits per heavy atom. The highest BCUT2D eigenvalue weighted by molar-refractivity contribution is 7.47. The summed E-state index contributed by atoms with van der Waals surface area (Å²) in [6.07, 6.45) is 49.4. The van der Waals surface area contributed by atoms with E-state index in [4.69, 9.17) is 18.5 Å². The van der Waals surface area contributed by atoms with Crippen molar-refractivity contribution in [2.45, 2.75) is 174 Å². The number of phosphoric acid groups is 1. The number of nitrogens with zero attached hydrogens (tertiary/aromatic N) is 1. The maximum Gasteiger partial charge on any atom is 0.472 e. The first-order valence-corrected chi connectivity index (χ1v) is 24.2. The highest BCUT2D eigenvalue weighted by atomic mass is 31.2. The lowest BCUT2D eigenvalue weighted by Crippen LogP contribution is -2.37. The van der Waals surface area contributed by atoms with Gasteiger partial charge in [-0.3, -0.25) is 18.6 Å². The van der Waals surface area contributed by atoms with Gasteiger partial charge in [-0.15, -0.1) is 0 Å². The van der Waals surface area contributed by atoms with Crippen LogP contribution in [0.3, 0.4) is 0 Å². The number of quaternary nitrogens is 1. The second kappa shape index (κ2) is 39.9. The summed E-state index contributed by atoms with van der Waals surface area (Å²) in [4.78, 5) is 35.4. The summed E-state index contributed by atoms with van der Waals surface area (Å²) >= 11 is 0. The van der Waals surface area contributed by atoms with Gasteiger partial charge in [0.1, 0.15) is 19.8 Å². The van der Waals surface area contributed by atoms with Crippen molar-refractivity contribution in [1.29, 1.82) is 0 Å². The first-order valence-electron chi connectivity index (χ1n) is 22.7. The van der Waals surface area contributed by atoms with Gasteiger partial charge in [-0.25, -0.2) is 4.57 Å². The van der Waals surface area contributed by atoms with E-state index in [-0.39, 0.29) is 32.0 Å². The van der Waals surface area contributed by atoms with Crippen LogP contribution in [-0.4, -0.2) is 74.9 Å². The summed E-state index contributed by atoms with van der Waals surface area (Å²) < 4.78 is 34.3. The van der Waals surface area contributed by atoms with Gasteiger partial charge in [0.2, 0.25) is 0 Å². The maximum atomic E-state index is 12.7. The average molecular weight is 835 g/mol. The van der Waals surface area contributed by atoms with Crippen molar-refractivity contribution in [3.8, 4) is 0 Å². The highest BCUT2D eigenvalue weighted by Gasteiger charge is 2.27. The molecule has 334 valence electrons. The molecule has 0 heterocycles. The molecule has 2 atom stereocenters. The second-order valence-corrected chi connectivity index (χ2v) is 17.5. The number of phosphoric ester groups is 1. The van der Waals surface area contributed by atoms with E-state index >= 15 is 0 Å². The monoisotopic (exact) mass is 835 g/mol. The quantitative estimate of drug-likeness (QED) is 0.0214. The van der Waals surface area contributed by atoms with Gasteiger partial charge in [0, 0.05) is 12.8 Å². The minimum Gasteiger partial charge on any atom is -0.462 e. The van der Waals surface area contributed by atoms with Crippen molar-refractivity contribution in [3.63, 3.8) is 0 Å². The number of rotatable bonds is 40. The molecular weight excluding hydrogens is 750 g/mol. The van der Waals surface area contributed by atoms with Crippen LogP contribution in [0.2, 0.25) is 0 Å². The fourth-order valence-electron chi connectivity index (χ4n) is 5.68. The van der Waals surface area contributed by atoms with Crippen LogP contribution < -0.4 is 0 Å². The van der Waals surface area contributed by atoms with Gasteiger partial charge >= 0.3 is 19.8 Å². The van der Waals surface area contributed by atoms with Gasteiger partial charge in [0.05, 0.1) is 27.7 Å². The summed E-state index contributed by atoms with van der Waals surface area (Å²) in [5.41, 5.74) is 0. The predicted molar refractivity (Wildman–Crippen MR) is 242 cm³/mol. The molecule has 0 saturated carbocycles. The number of unbranched alkanes of at least 4 members (excludes halogenated alkanes) is 14. The Hall–Kier alpha value is -2.55. The minimum absolute atomic E-state index is 0.0227. The van der Waals surface area contributed by atoms with Crippen LogP contribution in [0.1, 0.15) is 168 Å². The lowest BCUT2D eigenvalue weighted by molar-refractivity contribution is -0.870. The second-order valence-electron chi connectivity index (χ2n) is 16.0. The molecule has 0 radical (unpaired) electrons. The van der Waals surface area contributed by atoms with E-state index in [0.29, 0.717) is 17.4 Å². The third-order valence-electron chi connectivity index (χ3n) is 9.22. The Kier molecular flexibility index (Phi) is 38.1. The summed E-state index contributed by atoms with van der Waals surface area (Å²) in [7, 11) is 1.45. The Bertz CT molecular complexity index is 1220. The molecule has 0 aromatic rings. The Labute approximate surface area is 355 Å². The van der Waals surface area contributed by atoms with Crippen molar-refractivity contribution in [2.24, 2.45) is 0 Å². The molecule has 0 amide bonds. The van der Waals surface area contributed by atoms with Gasteiger partial charge in [0.25, 0.3) is 0 Å². The zero-order valence-electron chi connectivity index (χ0n) is 37.5. The molecular formula is C48H85NO8P+. The van der Waals surface area contributed by atoms with Gasteiger partial charge < -0.3 is 18.9 Å². The molecule has 2 unspecified atom stereocenters. The molecule has 0 saturated heterocycles. The first kappa shape index (κ1) is 55.5. The van der Waals surface area contributed by atoms with Crippen molar-refractivity contribution in [3.05, 3.63) is 72.9 Å². The average Bonchev–Trinajstić information content (AvgIpc) is 3.17. The van der Waals surface area contributed by atoms with Crippen LogP contribution in [0.25, 0.3) is 0 Å². The van der Waals surface area contributed by atoms with E-state index in [0.717, 1.165) is 103 Å². The normalized spacial score (nSPS) is 14.2. The lowest BCUT2D eigenvalue weighted by Gasteiger charge is -2.24. The summed E-state index contributed by atoms with van der Waals surface area (Å²) in [5, 5.41) is 0. The molecule has 0 aliphatic rings. The SMILES string of the molecule is CC/C=C\C/C=C\C/C=C\C/C=C\C/C=C\CCCCCCCC(=O)OC(COC(=O)CCCCCCC/C=C\CCCCCC)COP(=O)(O)OCC[N+](C)(C)C. The maximum absolute atomic E-state index is 12.7. The molecule has 0 aliphatic heterocycles. The first-order chi connectivity index (χ1) is 28.0. The van der Waals surface area contributed by atoms with Crippen LogP contribution in [0.15, 0.2) is 72.9 Å². The van der Waals surface area contributed by atoms with Crippen molar-refractivity contribution < 1.29 is 42.1 Å². The van der Waals surface area contributed by atoms with Crippen LogP contribution in [0, 0.1) is 0 Å². The van der Waals surface area contributed by atoms with Crippen molar-refractivity contribution in [1.82, 2.24) is 0 Å². The summed E-state index contributed by atoms with van der Waals surface area (Å²) in [5.74, 6) is -0.837.